The highest BCUT2D eigenvalue weighted by Crippen LogP contribution is 2.25. The van der Waals surface area contributed by atoms with Crippen molar-refractivity contribution in [3.63, 3.8) is 0 Å². The Bertz CT molecular complexity index is 438. The first-order valence-electron chi connectivity index (χ1n) is 7.00. The van der Waals surface area contributed by atoms with Gasteiger partial charge in [0.15, 0.2) is 0 Å². The highest BCUT2D eigenvalue weighted by atomic mass is 32.2. The first kappa shape index (κ1) is 17.3. The van der Waals surface area contributed by atoms with Gasteiger partial charge in [-0.2, -0.15) is 0 Å². The zero-order valence-corrected chi connectivity index (χ0v) is 14.1. The van der Waals surface area contributed by atoms with Gasteiger partial charge in [-0.1, -0.05) is 35.9 Å². The fourth-order valence-corrected chi connectivity index (χ4v) is 3.12. The first-order chi connectivity index (χ1) is 9.12. The molecule has 1 aromatic carbocycles. The van der Waals surface area contributed by atoms with Crippen molar-refractivity contribution in [2.45, 2.75) is 57.7 Å². The minimum Gasteiger partial charge on any atom is -0.598 e. The SMILES string of the molecule is C=C(C)CC(C)(Cc1ccccc1)N[S+]([O-])C(C)(C)C. The number of hydrogen-bond donors (Lipinski definition) is 1. The van der Waals surface area contributed by atoms with Gasteiger partial charge in [0.05, 0.1) is 5.54 Å². The fourth-order valence-electron chi connectivity index (χ4n) is 2.22. The highest BCUT2D eigenvalue weighted by Gasteiger charge is 2.35. The van der Waals surface area contributed by atoms with Crippen molar-refractivity contribution in [3.8, 4) is 0 Å². The maximum atomic E-state index is 12.4. The summed E-state index contributed by atoms with van der Waals surface area (Å²) in [4.78, 5) is 0. The van der Waals surface area contributed by atoms with E-state index in [2.05, 4.69) is 30.4 Å². The monoisotopic (exact) mass is 293 g/mol. The fraction of sp³-hybridized carbons (Fsp3) is 0.529. The topological polar surface area (TPSA) is 35.1 Å². The van der Waals surface area contributed by atoms with E-state index in [0.717, 1.165) is 18.4 Å². The van der Waals surface area contributed by atoms with Crippen molar-refractivity contribution in [3.05, 3.63) is 48.0 Å². The second kappa shape index (κ2) is 6.79. The Morgan fingerprint density at radius 2 is 1.75 bits per heavy atom. The molecule has 0 saturated carbocycles. The minimum atomic E-state index is -1.09. The lowest BCUT2D eigenvalue weighted by molar-refractivity contribution is 0.400. The predicted molar refractivity (Wildman–Crippen MR) is 89.0 cm³/mol. The highest BCUT2D eigenvalue weighted by molar-refractivity contribution is 7.90. The van der Waals surface area contributed by atoms with E-state index >= 15 is 0 Å². The van der Waals surface area contributed by atoms with Gasteiger partial charge in [0.1, 0.15) is 4.75 Å². The molecule has 0 saturated heterocycles. The van der Waals surface area contributed by atoms with Crippen molar-refractivity contribution in [2.75, 3.05) is 0 Å². The average Bonchev–Trinajstić information content (AvgIpc) is 2.27. The molecule has 0 spiro atoms. The van der Waals surface area contributed by atoms with Crippen LogP contribution < -0.4 is 4.72 Å². The van der Waals surface area contributed by atoms with Gasteiger partial charge in [-0.3, -0.25) is 0 Å². The number of rotatable bonds is 6. The molecular formula is C17H27NOS. The van der Waals surface area contributed by atoms with E-state index in [0.29, 0.717) is 0 Å². The molecular weight excluding hydrogens is 266 g/mol. The third-order valence-electron chi connectivity index (χ3n) is 3.02. The molecule has 2 unspecified atom stereocenters. The van der Waals surface area contributed by atoms with E-state index in [9.17, 15) is 4.55 Å². The maximum Gasteiger partial charge on any atom is 0.136 e. The smallest absolute Gasteiger partial charge is 0.136 e. The number of nitrogens with one attached hydrogen (secondary N) is 1. The minimum absolute atomic E-state index is 0.245. The lowest BCUT2D eigenvalue weighted by Crippen LogP contribution is -2.53. The van der Waals surface area contributed by atoms with Crippen LogP contribution in [0.2, 0.25) is 0 Å². The van der Waals surface area contributed by atoms with Gasteiger partial charge in [0.25, 0.3) is 0 Å². The molecule has 20 heavy (non-hydrogen) atoms. The van der Waals surface area contributed by atoms with E-state index < -0.39 is 11.4 Å². The summed E-state index contributed by atoms with van der Waals surface area (Å²) in [5.74, 6) is 0. The van der Waals surface area contributed by atoms with E-state index in [1.165, 1.54) is 5.56 Å². The van der Waals surface area contributed by atoms with Crippen molar-refractivity contribution >= 4 is 11.4 Å². The molecule has 2 nitrogen and oxygen atoms in total. The normalized spacial score (nSPS) is 16.5. The third-order valence-corrected chi connectivity index (χ3v) is 4.81. The maximum absolute atomic E-state index is 12.4. The average molecular weight is 293 g/mol. The summed E-state index contributed by atoms with van der Waals surface area (Å²) in [7, 11) is 0. The Morgan fingerprint density at radius 3 is 2.20 bits per heavy atom. The van der Waals surface area contributed by atoms with Gasteiger partial charge in [-0.25, -0.2) is 0 Å². The van der Waals surface area contributed by atoms with Crippen LogP contribution in [-0.2, 0) is 17.8 Å². The van der Waals surface area contributed by atoms with Crippen LogP contribution in [0.15, 0.2) is 42.5 Å². The van der Waals surface area contributed by atoms with Crippen LogP contribution in [0.4, 0.5) is 0 Å². The molecule has 0 aromatic heterocycles. The van der Waals surface area contributed by atoms with Gasteiger partial charge in [-0.05, 0) is 53.0 Å². The molecule has 0 aliphatic rings. The lowest BCUT2D eigenvalue weighted by Gasteiger charge is -2.35. The van der Waals surface area contributed by atoms with Gasteiger partial charge >= 0.3 is 0 Å². The van der Waals surface area contributed by atoms with Crippen LogP contribution in [0.1, 0.15) is 46.6 Å². The zero-order chi connectivity index (χ0) is 15.4. The molecule has 0 fully saturated rings. The molecule has 0 aliphatic carbocycles. The Hall–Kier alpha value is -0.770. The molecule has 0 heterocycles. The molecule has 0 bridgehead atoms. The molecule has 112 valence electrons. The quantitative estimate of drug-likeness (QED) is 0.635. The van der Waals surface area contributed by atoms with Crippen LogP contribution in [-0.4, -0.2) is 14.8 Å². The number of hydrogen-bond acceptors (Lipinski definition) is 2. The van der Waals surface area contributed by atoms with Gasteiger partial charge in [-0.15, -0.1) is 11.3 Å². The van der Waals surface area contributed by atoms with E-state index in [1.807, 2.05) is 45.9 Å². The lowest BCUT2D eigenvalue weighted by atomic mass is 9.88. The summed E-state index contributed by atoms with van der Waals surface area (Å²) in [5, 5.41) is 0. The van der Waals surface area contributed by atoms with E-state index in [4.69, 9.17) is 0 Å². The molecule has 1 rings (SSSR count). The molecule has 0 amide bonds. The van der Waals surface area contributed by atoms with Gasteiger partial charge < -0.3 is 4.55 Å². The van der Waals surface area contributed by atoms with Crippen LogP contribution >= 0.6 is 0 Å². The summed E-state index contributed by atoms with van der Waals surface area (Å²) in [6.45, 7) is 14.1. The van der Waals surface area contributed by atoms with Gasteiger partial charge in [0, 0.05) is 11.4 Å². The van der Waals surface area contributed by atoms with Crippen molar-refractivity contribution in [1.29, 1.82) is 0 Å². The Labute approximate surface area is 127 Å². The second-order valence-corrected chi connectivity index (χ2v) is 8.81. The van der Waals surface area contributed by atoms with Crippen LogP contribution in [0, 0.1) is 0 Å². The molecule has 1 aromatic rings. The molecule has 0 radical (unpaired) electrons. The van der Waals surface area contributed by atoms with Crippen LogP contribution in [0.5, 0.6) is 0 Å². The third kappa shape index (κ3) is 5.70. The van der Waals surface area contributed by atoms with Crippen molar-refractivity contribution in [2.24, 2.45) is 0 Å². The van der Waals surface area contributed by atoms with Crippen molar-refractivity contribution < 1.29 is 4.55 Å². The van der Waals surface area contributed by atoms with Crippen LogP contribution in [0.25, 0.3) is 0 Å². The summed E-state index contributed by atoms with van der Waals surface area (Å²) in [5.41, 5.74) is 2.10. The van der Waals surface area contributed by atoms with Gasteiger partial charge in [0.2, 0.25) is 0 Å². The Balaban J connectivity index is 2.89. The Kier molecular flexibility index (Phi) is 5.87. The van der Waals surface area contributed by atoms with Crippen molar-refractivity contribution in [1.82, 2.24) is 4.72 Å². The summed E-state index contributed by atoms with van der Waals surface area (Å²) >= 11 is -1.09. The summed E-state index contributed by atoms with van der Waals surface area (Å²) < 4.78 is 15.5. The molecule has 3 heteroatoms. The number of benzene rings is 1. The predicted octanol–water partition coefficient (Wildman–Crippen LogP) is 4.01. The summed E-state index contributed by atoms with van der Waals surface area (Å²) in [6.07, 6.45) is 1.65. The molecule has 1 N–H and O–H groups in total. The Morgan fingerprint density at radius 1 is 1.20 bits per heavy atom. The summed E-state index contributed by atoms with van der Waals surface area (Å²) in [6, 6.07) is 10.3. The molecule has 0 aliphatic heterocycles. The first-order valence-corrected chi connectivity index (χ1v) is 8.15. The second-order valence-electron chi connectivity index (χ2n) is 6.84. The van der Waals surface area contributed by atoms with Crippen LogP contribution in [0.3, 0.4) is 0 Å². The van der Waals surface area contributed by atoms with E-state index in [-0.39, 0.29) is 10.3 Å². The largest absolute Gasteiger partial charge is 0.598 e. The zero-order valence-electron chi connectivity index (χ0n) is 13.3. The van der Waals surface area contributed by atoms with E-state index in [1.54, 1.807) is 0 Å². The standard InChI is InChI=1S/C17H27NOS/c1-14(2)12-17(6,18-20(19)16(3,4)5)13-15-10-8-7-9-11-15/h7-11,18H,1,12-13H2,2-6H3. The molecule has 2 atom stereocenters.